The Morgan fingerprint density at radius 3 is 2.58 bits per heavy atom. The number of alkyl halides is 1. The SMILES string of the molecule is CC(C)(C)OC(=O)N[C@@H](Cc1c[nH]c2ccccc12)C(=O)NCCOC(=O)Cc1ccccc1NC1=C(Cl)C=CCC1Cl. The zero-order chi connectivity index (χ0) is 31.0. The summed E-state index contributed by atoms with van der Waals surface area (Å²) in [6, 6.07) is 14.1. The number of amides is 2. The van der Waals surface area contributed by atoms with Gasteiger partial charge in [0.1, 0.15) is 18.2 Å². The molecular weight excluding hydrogens is 591 g/mol. The molecule has 0 radical (unpaired) electrons. The predicted molar refractivity (Wildman–Crippen MR) is 169 cm³/mol. The van der Waals surface area contributed by atoms with E-state index in [1.165, 1.54) is 0 Å². The second kappa shape index (κ2) is 14.5. The molecule has 0 saturated heterocycles. The molecule has 0 spiro atoms. The number of aromatic amines is 1. The van der Waals surface area contributed by atoms with Crippen molar-refractivity contribution in [2.45, 2.75) is 57.1 Å². The number of carbonyl (C=O) groups excluding carboxylic acids is 3. The summed E-state index contributed by atoms with van der Waals surface area (Å²) in [6.45, 7) is 5.26. The van der Waals surface area contributed by atoms with Gasteiger partial charge < -0.3 is 30.4 Å². The van der Waals surface area contributed by atoms with Crippen molar-refractivity contribution in [2.24, 2.45) is 0 Å². The first-order valence-corrected chi connectivity index (χ1v) is 14.8. The Balaban J connectivity index is 1.32. The number of nitrogens with one attached hydrogen (secondary N) is 4. The molecule has 1 aliphatic carbocycles. The van der Waals surface area contributed by atoms with Crippen molar-refractivity contribution >= 4 is 57.8 Å². The molecule has 0 aliphatic heterocycles. The third-order valence-corrected chi connectivity index (χ3v) is 7.30. The number of para-hydroxylation sites is 2. The van der Waals surface area contributed by atoms with Crippen LogP contribution in [0, 0.1) is 0 Å². The van der Waals surface area contributed by atoms with Crippen molar-refractivity contribution in [1.29, 1.82) is 0 Å². The molecule has 1 unspecified atom stereocenters. The first kappa shape index (κ1) is 32.0. The molecule has 2 atom stereocenters. The Morgan fingerprint density at radius 1 is 1.07 bits per heavy atom. The number of H-pyrrole nitrogens is 1. The molecule has 0 bridgehead atoms. The van der Waals surface area contributed by atoms with Gasteiger partial charge in [-0.25, -0.2) is 4.79 Å². The normalized spacial score (nSPS) is 15.6. The number of hydrogen-bond acceptors (Lipinski definition) is 6. The van der Waals surface area contributed by atoms with Crippen LogP contribution in [0.5, 0.6) is 0 Å². The molecule has 2 amide bonds. The smallest absolute Gasteiger partial charge is 0.408 e. The predicted octanol–water partition coefficient (Wildman–Crippen LogP) is 5.94. The number of rotatable bonds is 11. The van der Waals surface area contributed by atoms with Crippen molar-refractivity contribution in [3.05, 3.63) is 88.7 Å². The maximum atomic E-state index is 13.2. The Morgan fingerprint density at radius 2 is 1.81 bits per heavy atom. The number of benzene rings is 2. The lowest BCUT2D eigenvalue weighted by Crippen LogP contribution is -2.49. The van der Waals surface area contributed by atoms with Crippen LogP contribution in [0.3, 0.4) is 0 Å². The van der Waals surface area contributed by atoms with E-state index in [-0.39, 0.29) is 31.4 Å². The third-order valence-electron chi connectivity index (χ3n) is 6.57. The average molecular weight is 628 g/mol. The highest BCUT2D eigenvalue weighted by atomic mass is 35.5. The molecule has 0 fully saturated rings. The standard InChI is InChI=1S/C32H36Cl2N4O5/c1-32(2,3)43-31(41)38-27(17-21-19-36-26-14-7-5-10-22(21)26)30(40)35-15-16-42-28(39)18-20-9-4-6-13-25(20)37-29-23(33)11-8-12-24(29)34/h4-11,13-14,19,24,27,36-37H,12,15-18H2,1-3H3,(H,35,40)(H,38,41)/t24?,27-/m0/s1. The largest absolute Gasteiger partial charge is 0.464 e. The van der Waals surface area contributed by atoms with Crippen LogP contribution < -0.4 is 16.0 Å². The Hall–Kier alpha value is -3.95. The zero-order valence-corrected chi connectivity index (χ0v) is 25.9. The zero-order valence-electron chi connectivity index (χ0n) is 24.3. The molecule has 1 heterocycles. The van der Waals surface area contributed by atoms with Gasteiger partial charge in [-0.05, 0) is 56.5 Å². The first-order chi connectivity index (χ1) is 20.5. The molecule has 228 valence electrons. The summed E-state index contributed by atoms with van der Waals surface area (Å²) in [5.41, 5.74) is 3.16. The van der Waals surface area contributed by atoms with E-state index in [1.54, 1.807) is 26.8 Å². The number of halogens is 2. The highest BCUT2D eigenvalue weighted by Gasteiger charge is 2.26. The summed E-state index contributed by atoms with van der Waals surface area (Å²) >= 11 is 12.8. The van der Waals surface area contributed by atoms with E-state index in [1.807, 2.05) is 60.8 Å². The van der Waals surface area contributed by atoms with Crippen LogP contribution in [0.4, 0.5) is 10.5 Å². The van der Waals surface area contributed by atoms with Crippen LogP contribution in [0.15, 0.2) is 77.6 Å². The number of esters is 1. The summed E-state index contributed by atoms with van der Waals surface area (Å²) in [4.78, 5) is 41.5. The number of carbonyl (C=O) groups is 3. The second-order valence-corrected chi connectivity index (χ2v) is 12.0. The van der Waals surface area contributed by atoms with Gasteiger partial charge >= 0.3 is 12.1 Å². The van der Waals surface area contributed by atoms with Crippen LogP contribution in [0.1, 0.15) is 38.3 Å². The summed E-state index contributed by atoms with van der Waals surface area (Å²) in [5.74, 6) is -0.888. The summed E-state index contributed by atoms with van der Waals surface area (Å²) in [6.07, 6.45) is 5.71. The molecule has 9 nitrogen and oxygen atoms in total. The van der Waals surface area contributed by atoms with E-state index in [4.69, 9.17) is 32.7 Å². The molecule has 2 aromatic carbocycles. The van der Waals surface area contributed by atoms with E-state index >= 15 is 0 Å². The van der Waals surface area contributed by atoms with Gasteiger partial charge in [0.25, 0.3) is 0 Å². The topological polar surface area (TPSA) is 122 Å². The minimum absolute atomic E-state index is 0.00813. The lowest BCUT2D eigenvalue weighted by atomic mass is 10.0. The fourth-order valence-corrected chi connectivity index (χ4v) is 5.17. The van der Waals surface area contributed by atoms with Gasteiger partial charge in [-0.3, -0.25) is 9.59 Å². The van der Waals surface area contributed by atoms with Gasteiger partial charge in [-0.2, -0.15) is 0 Å². The highest BCUT2D eigenvalue weighted by molar-refractivity contribution is 6.33. The fraction of sp³-hybridized carbons (Fsp3) is 0.344. The molecule has 43 heavy (non-hydrogen) atoms. The van der Waals surface area contributed by atoms with E-state index in [2.05, 4.69) is 20.9 Å². The maximum absolute atomic E-state index is 13.2. The number of aromatic nitrogens is 1. The minimum Gasteiger partial charge on any atom is -0.464 e. The van der Waals surface area contributed by atoms with Crippen molar-refractivity contribution < 1.29 is 23.9 Å². The number of anilines is 1. The Labute approximate surface area is 261 Å². The summed E-state index contributed by atoms with van der Waals surface area (Å²) in [5, 5.41) is 9.86. The number of hydrogen-bond donors (Lipinski definition) is 4. The number of allylic oxidation sites excluding steroid dienone is 4. The second-order valence-electron chi connectivity index (χ2n) is 11.1. The van der Waals surface area contributed by atoms with Gasteiger partial charge in [-0.15, -0.1) is 11.6 Å². The van der Waals surface area contributed by atoms with Crippen LogP contribution in [0.2, 0.25) is 0 Å². The first-order valence-electron chi connectivity index (χ1n) is 14.0. The Kier molecular flexibility index (Phi) is 10.8. The molecule has 11 heteroatoms. The molecular formula is C32H36Cl2N4O5. The molecule has 1 aromatic heterocycles. The van der Waals surface area contributed by atoms with Crippen molar-refractivity contribution in [3.8, 4) is 0 Å². The van der Waals surface area contributed by atoms with Crippen LogP contribution in [-0.2, 0) is 31.9 Å². The Bertz CT molecular complexity index is 1530. The van der Waals surface area contributed by atoms with Crippen molar-refractivity contribution in [3.63, 3.8) is 0 Å². The van der Waals surface area contributed by atoms with E-state index in [9.17, 15) is 14.4 Å². The maximum Gasteiger partial charge on any atom is 0.408 e. The van der Waals surface area contributed by atoms with Crippen molar-refractivity contribution in [2.75, 3.05) is 18.5 Å². The molecule has 3 aromatic rings. The van der Waals surface area contributed by atoms with Gasteiger partial charge in [-0.1, -0.05) is 54.1 Å². The van der Waals surface area contributed by atoms with E-state index < -0.39 is 29.6 Å². The molecule has 4 rings (SSSR count). The monoisotopic (exact) mass is 626 g/mol. The van der Waals surface area contributed by atoms with E-state index in [0.717, 1.165) is 16.5 Å². The van der Waals surface area contributed by atoms with Crippen molar-refractivity contribution in [1.82, 2.24) is 15.6 Å². The van der Waals surface area contributed by atoms with E-state index in [0.29, 0.717) is 28.4 Å². The van der Waals surface area contributed by atoms with Gasteiger partial charge in [0.05, 0.1) is 29.1 Å². The quantitative estimate of drug-likeness (QED) is 0.119. The average Bonchev–Trinajstić information content (AvgIpc) is 3.35. The third kappa shape index (κ3) is 9.27. The summed E-state index contributed by atoms with van der Waals surface area (Å²) in [7, 11) is 0. The van der Waals surface area contributed by atoms with Gasteiger partial charge in [0.2, 0.25) is 5.91 Å². The number of fused-ring (bicyclic) bond motifs is 1. The fourth-order valence-electron chi connectivity index (χ4n) is 4.58. The lowest BCUT2D eigenvalue weighted by molar-refractivity contribution is -0.143. The van der Waals surface area contributed by atoms with Crippen LogP contribution in [0.25, 0.3) is 10.9 Å². The van der Waals surface area contributed by atoms with Gasteiger partial charge in [0.15, 0.2) is 0 Å². The lowest BCUT2D eigenvalue weighted by Gasteiger charge is -2.23. The highest BCUT2D eigenvalue weighted by Crippen LogP contribution is 2.29. The number of ether oxygens (including phenoxy) is 2. The van der Waals surface area contributed by atoms with Gasteiger partial charge in [0, 0.05) is 29.2 Å². The molecule has 0 saturated carbocycles. The van der Waals surface area contributed by atoms with Crippen LogP contribution >= 0.6 is 23.2 Å². The molecule has 4 N–H and O–H groups in total. The summed E-state index contributed by atoms with van der Waals surface area (Å²) < 4.78 is 10.8. The molecule has 1 aliphatic rings. The van der Waals surface area contributed by atoms with Crippen LogP contribution in [-0.4, -0.2) is 53.1 Å². The number of alkyl carbamates (subject to hydrolysis) is 1. The minimum atomic E-state index is -0.913.